The Labute approximate surface area is 55.5 Å². The van der Waals surface area contributed by atoms with Gasteiger partial charge in [0.25, 0.3) is 0 Å². The van der Waals surface area contributed by atoms with E-state index in [-0.39, 0.29) is 0 Å². The fourth-order valence-electron chi connectivity index (χ4n) is 0.882. The van der Waals surface area contributed by atoms with Crippen molar-refractivity contribution in [3.63, 3.8) is 0 Å². The molecule has 0 amide bonds. The summed E-state index contributed by atoms with van der Waals surface area (Å²) in [6.07, 6.45) is 3.13. The van der Waals surface area contributed by atoms with Crippen molar-refractivity contribution in [2.24, 2.45) is 0 Å². The molecule has 1 rings (SSSR count). The molecule has 0 bridgehead atoms. The Morgan fingerprint density at radius 2 is 2.67 bits per heavy atom. The van der Waals surface area contributed by atoms with E-state index in [1.807, 2.05) is 0 Å². The molecule has 0 unspecified atom stereocenters. The second-order valence-corrected chi connectivity index (χ2v) is 2.12. The first-order chi connectivity index (χ1) is 4.43. The molecule has 0 saturated heterocycles. The second kappa shape index (κ2) is 3.64. The van der Waals surface area contributed by atoms with Crippen molar-refractivity contribution in [2.45, 2.75) is 6.42 Å². The van der Waals surface area contributed by atoms with Gasteiger partial charge in [0.2, 0.25) is 0 Å². The molecule has 0 aliphatic carbocycles. The fourth-order valence-corrected chi connectivity index (χ4v) is 0.882. The monoisotopic (exact) mass is 128 g/mol. The minimum Gasteiger partial charge on any atom is -0.380 e. The number of methoxy groups -OCH3 is 1. The summed E-state index contributed by atoms with van der Waals surface area (Å²) in [5.41, 5.74) is 1.36. The topological polar surface area (TPSA) is 18.5 Å². The molecule has 0 fully saturated rings. The van der Waals surface area contributed by atoms with Crippen LogP contribution in [0.15, 0.2) is 11.6 Å². The summed E-state index contributed by atoms with van der Waals surface area (Å²) in [4.78, 5) is 0. The van der Waals surface area contributed by atoms with Crippen molar-refractivity contribution in [1.29, 1.82) is 0 Å². The van der Waals surface area contributed by atoms with E-state index in [1.54, 1.807) is 7.11 Å². The average Bonchev–Trinajstić information content (AvgIpc) is 1.91. The fraction of sp³-hybridized carbons (Fsp3) is 0.714. The third kappa shape index (κ3) is 2.16. The summed E-state index contributed by atoms with van der Waals surface area (Å²) in [5.74, 6) is 0. The molecule has 1 heterocycles. The van der Waals surface area contributed by atoms with Gasteiger partial charge in [-0.1, -0.05) is 6.08 Å². The van der Waals surface area contributed by atoms with Crippen LogP contribution in [-0.4, -0.2) is 26.9 Å². The summed E-state index contributed by atoms with van der Waals surface area (Å²) in [7, 11) is 1.72. The highest BCUT2D eigenvalue weighted by Gasteiger charge is 2.01. The first-order valence-corrected chi connectivity index (χ1v) is 3.18. The van der Waals surface area contributed by atoms with E-state index in [4.69, 9.17) is 9.47 Å². The van der Waals surface area contributed by atoms with Gasteiger partial charge < -0.3 is 9.47 Å². The normalized spacial score (nSPS) is 19.4. The molecular weight excluding hydrogens is 116 g/mol. The number of hydrogen-bond donors (Lipinski definition) is 0. The van der Waals surface area contributed by atoms with Crippen molar-refractivity contribution < 1.29 is 9.47 Å². The lowest BCUT2D eigenvalue weighted by Gasteiger charge is -2.11. The van der Waals surface area contributed by atoms with E-state index < -0.39 is 0 Å². The van der Waals surface area contributed by atoms with Crippen LogP contribution in [0.5, 0.6) is 0 Å². The number of rotatable bonds is 2. The van der Waals surface area contributed by atoms with E-state index in [0.717, 1.165) is 26.2 Å². The van der Waals surface area contributed by atoms with Crippen LogP contribution in [0.3, 0.4) is 0 Å². The molecule has 0 radical (unpaired) electrons. The Morgan fingerprint density at radius 1 is 1.78 bits per heavy atom. The molecule has 0 spiro atoms. The number of hydrogen-bond acceptors (Lipinski definition) is 2. The van der Waals surface area contributed by atoms with E-state index in [9.17, 15) is 0 Å². The number of ether oxygens (including phenoxy) is 2. The first kappa shape index (κ1) is 6.78. The smallest absolute Gasteiger partial charge is 0.0674 e. The Bertz CT molecular complexity index is 107. The van der Waals surface area contributed by atoms with Gasteiger partial charge in [-0.05, 0) is 12.0 Å². The maximum absolute atomic E-state index is 5.11. The Kier molecular flexibility index (Phi) is 2.74. The lowest BCUT2D eigenvalue weighted by molar-refractivity contribution is 0.142. The first-order valence-electron chi connectivity index (χ1n) is 3.18. The van der Waals surface area contributed by atoms with Gasteiger partial charge in [-0.25, -0.2) is 0 Å². The van der Waals surface area contributed by atoms with Crippen LogP contribution in [0.25, 0.3) is 0 Å². The molecule has 0 aromatic carbocycles. The van der Waals surface area contributed by atoms with Gasteiger partial charge >= 0.3 is 0 Å². The zero-order chi connectivity index (χ0) is 6.53. The summed E-state index contributed by atoms with van der Waals surface area (Å²) >= 11 is 0. The van der Waals surface area contributed by atoms with E-state index >= 15 is 0 Å². The van der Waals surface area contributed by atoms with Gasteiger partial charge in [0.05, 0.1) is 19.8 Å². The van der Waals surface area contributed by atoms with Crippen LogP contribution in [-0.2, 0) is 9.47 Å². The van der Waals surface area contributed by atoms with Crippen molar-refractivity contribution >= 4 is 0 Å². The summed E-state index contributed by atoms with van der Waals surface area (Å²) in [5, 5.41) is 0. The SMILES string of the molecule is COCC1=CCOCC1. The van der Waals surface area contributed by atoms with E-state index in [1.165, 1.54) is 5.57 Å². The zero-order valence-corrected chi connectivity index (χ0v) is 5.72. The molecule has 2 heteroatoms. The predicted octanol–water partition coefficient (Wildman–Crippen LogP) is 0.980. The highest BCUT2D eigenvalue weighted by Crippen LogP contribution is 2.06. The van der Waals surface area contributed by atoms with Gasteiger partial charge in [0, 0.05) is 7.11 Å². The largest absolute Gasteiger partial charge is 0.380 e. The van der Waals surface area contributed by atoms with Crippen molar-refractivity contribution in [3.05, 3.63) is 11.6 Å². The lowest BCUT2D eigenvalue weighted by atomic mass is 10.2. The third-order valence-corrected chi connectivity index (χ3v) is 1.39. The highest BCUT2D eigenvalue weighted by atomic mass is 16.5. The lowest BCUT2D eigenvalue weighted by Crippen LogP contribution is -2.07. The summed E-state index contributed by atoms with van der Waals surface area (Å²) in [6, 6.07) is 0. The standard InChI is InChI=1S/C7H12O2/c1-8-6-7-2-4-9-5-3-7/h2H,3-6H2,1H3. The summed E-state index contributed by atoms with van der Waals surface area (Å²) in [6.45, 7) is 2.39. The average molecular weight is 128 g/mol. The van der Waals surface area contributed by atoms with E-state index in [2.05, 4.69) is 6.08 Å². The van der Waals surface area contributed by atoms with Crippen LogP contribution in [0.2, 0.25) is 0 Å². The minimum atomic E-state index is 0.763. The molecule has 0 saturated carbocycles. The van der Waals surface area contributed by atoms with E-state index in [0.29, 0.717) is 0 Å². The third-order valence-electron chi connectivity index (χ3n) is 1.39. The molecule has 9 heavy (non-hydrogen) atoms. The van der Waals surface area contributed by atoms with Crippen molar-refractivity contribution in [3.8, 4) is 0 Å². The molecule has 0 atom stereocenters. The van der Waals surface area contributed by atoms with Crippen LogP contribution in [0.4, 0.5) is 0 Å². The Morgan fingerprint density at radius 3 is 3.22 bits per heavy atom. The van der Waals surface area contributed by atoms with Crippen LogP contribution in [0, 0.1) is 0 Å². The summed E-state index contributed by atoms with van der Waals surface area (Å²) < 4.78 is 10.1. The molecule has 1 aliphatic heterocycles. The maximum Gasteiger partial charge on any atom is 0.0674 e. The van der Waals surface area contributed by atoms with Gasteiger partial charge in [-0.3, -0.25) is 0 Å². The van der Waals surface area contributed by atoms with Crippen LogP contribution in [0.1, 0.15) is 6.42 Å². The van der Waals surface area contributed by atoms with Crippen molar-refractivity contribution in [1.82, 2.24) is 0 Å². The highest BCUT2D eigenvalue weighted by molar-refractivity contribution is 5.04. The minimum absolute atomic E-state index is 0.763. The van der Waals surface area contributed by atoms with Gasteiger partial charge in [-0.2, -0.15) is 0 Å². The van der Waals surface area contributed by atoms with Crippen LogP contribution < -0.4 is 0 Å². The molecule has 0 aromatic rings. The predicted molar refractivity (Wildman–Crippen MR) is 35.4 cm³/mol. The molecule has 2 nitrogen and oxygen atoms in total. The molecule has 52 valence electrons. The van der Waals surface area contributed by atoms with Gasteiger partial charge in [0.1, 0.15) is 0 Å². The zero-order valence-electron chi connectivity index (χ0n) is 5.72. The van der Waals surface area contributed by atoms with Gasteiger partial charge in [-0.15, -0.1) is 0 Å². The second-order valence-electron chi connectivity index (χ2n) is 2.12. The molecule has 0 N–H and O–H groups in total. The maximum atomic E-state index is 5.11. The Balaban J connectivity index is 2.28. The molecule has 1 aliphatic rings. The molecule has 0 aromatic heterocycles. The van der Waals surface area contributed by atoms with Crippen molar-refractivity contribution in [2.75, 3.05) is 26.9 Å². The molecular formula is C7H12O2. The Hall–Kier alpha value is -0.340. The quantitative estimate of drug-likeness (QED) is 0.516. The van der Waals surface area contributed by atoms with Crippen LogP contribution >= 0.6 is 0 Å². The van der Waals surface area contributed by atoms with Gasteiger partial charge in [0.15, 0.2) is 0 Å².